The summed E-state index contributed by atoms with van der Waals surface area (Å²) in [6.07, 6.45) is 1.85. The van der Waals surface area contributed by atoms with Crippen molar-refractivity contribution in [2.24, 2.45) is 0 Å². The SMILES string of the molecule is COC(c1ncc(Cl)cn1)C(C)S(=O)(=O)Nc1nnc(-c2ccc(C)o2)n1C(C)C. The van der Waals surface area contributed by atoms with Gasteiger partial charge in [0, 0.05) is 25.5 Å². The Bertz CT molecular complexity index is 1110. The molecule has 162 valence electrons. The maximum atomic E-state index is 13.1. The largest absolute Gasteiger partial charge is 0.458 e. The van der Waals surface area contributed by atoms with E-state index in [1.54, 1.807) is 16.7 Å². The molecule has 0 saturated heterocycles. The normalized spacial score (nSPS) is 14.1. The second-order valence-electron chi connectivity index (χ2n) is 6.99. The molecule has 0 spiro atoms. The first-order valence-electron chi connectivity index (χ1n) is 9.17. The van der Waals surface area contributed by atoms with Crippen LogP contribution in [0.25, 0.3) is 11.6 Å². The maximum absolute atomic E-state index is 13.1. The van der Waals surface area contributed by atoms with Crippen LogP contribution in [-0.4, -0.2) is 45.5 Å². The lowest BCUT2D eigenvalue weighted by molar-refractivity contribution is 0.0950. The van der Waals surface area contributed by atoms with Gasteiger partial charge < -0.3 is 9.15 Å². The minimum absolute atomic E-state index is 0.0766. The standard InChI is InChI=1S/C18H23ClN6O4S/c1-10(2)25-17(14-7-6-11(3)29-14)22-23-18(25)24-30(26,27)12(4)15(28-5)16-20-8-13(19)9-21-16/h6-10,12,15H,1-5H3,(H,23,24). The highest BCUT2D eigenvalue weighted by Gasteiger charge is 2.34. The predicted molar refractivity (Wildman–Crippen MR) is 112 cm³/mol. The summed E-state index contributed by atoms with van der Waals surface area (Å²) in [7, 11) is -2.55. The molecule has 0 aliphatic rings. The number of methoxy groups -OCH3 is 1. The highest BCUT2D eigenvalue weighted by molar-refractivity contribution is 7.93. The molecule has 3 aromatic heterocycles. The zero-order valence-corrected chi connectivity index (χ0v) is 18.8. The van der Waals surface area contributed by atoms with Crippen molar-refractivity contribution in [2.45, 2.75) is 45.1 Å². The monoisotopic (exact) mass is 454 g/mol. The van der Waals surface area contributed by atoms with Gasteiger partial charge in [0.1, 0.15) is 17.1 Å². The molecule has 0 aliphatic heterocycles. The van der Waals surface area contributed by atoms with Crippen LogP contribution in [0.4, 0.5) is 5.95 Å². The van der Waals surface area contributed by atoms with Gasteiger partial charge in [0.25, 0.3) is 0 Å². The average Bonchev–Trinajstić information content (AvgIpc) is 3.29. The molecule has 0 aromatic carbocycles. The Morgan fingerprint density at radius 3 is 2.37 bits per heavy atom. The van der Waals surface area contributed by atoms with Crippen molar-refractivity contribution >= 4 is 27.6 Å². The van der Waals surface area contributed by atoms with Crippen LogP contribution in [0.5, 0.6) is 0 Å². The summed E-state index contributed by atoms with van der Waals surface area (Å²) < 4.78 is 41.3. The van der Waals surface area contributed by atoms with Gasteiger partial charge in [-0.15, -0.1) is 10.2 Å². The maximum Gasteiger partial charge on any atom is 0.240 e. The van der Waals surface area contributed by atoms with Crippen LogP contribution in [0.15, 0.2) is 28.9 Å². The Labute approximate surface area is 179 Å². The van der Waals surface area contributed by atoms with E-state index >= 15 is 0 Å². The minimum Gasteiger partial charge on any atom is -0.458 e. The number of halogens is 1. The smallest absolute Gasteiger partial charge is 0.240 e. The summed E-state index contributed by atoms with van der Waals surface area (Å²) in [6.45, 7) is 7.10. The molecule has 0 amide bonds. The van der Waals surface area contributed by atoms with Crippen molar-refractivity contribution in [3.05, 3.63) is 41.1 Å². The van der Waals surface area contributed by atoms with E-state index < -0.39 is 21.4 Å². The number of rotatable bonds is 8. The molecule has 3 rings (SSSR count). The second kappa shape index (κ2) is 8.70. The fraction of sp³-hybridized carbons (Fsp3) is 0.444. The van der Waals surface area contributed by atoms with Gasteiger partial charge in [-0.1, -0.05) is 11.6 Å². The summed E-state index contributed by atoms with van der Waals surface area (Å²) in [4.78, 5) is 8.15. The van der Waals surface area contributed by atoms with Crippen LogP contribution >= 0.6 is 11.6 Å². The molecule has 0 bridgehead atoms. The van der Waals surface area contributed by atoms with Crippen molar-refractivity contribution in [3.8, 4) is 11.6 Å². The highest BCUT2D eigenvalue weighted by Crippen LogP contribution is 2.29. The van der Waals surface area contributed by atoms with Crippen molar-refractivity contribution in [2.75, 3.05) is 11.8 Å². The zero-order valence-electron chi connectivity index (χ0n) is 17.2. The Morgan fingerprint density at radius 2 is 1.83 bits per heavy atom. The van der Waals surface area contributed by atoms with E-state index in [0.717, 1.165) is 0 Å². The van der Waals surface area contributed by atoms with Gasteiger partial charge in [-0.25, -0.2) is 18.4 Å². The molecule has 0 fully saturated rings. The van der Waals surface area contributed by atoms with Gasteiger partial charge in [0.05, 0.1) is 5.02 Å². The van der Waals surface area contributed by atoms with Crippen molar-refractivity contribution in [1.82, 2.24) is 24.7 Å². The van der Waals surface area contributed by atoms with Crippen LogP contribution in [-0.2, 0) is 14.8 Å². The lowest BCUT2D eigenvalue weighted by Gasteiger charge is -2.22. The average molecular weight is 455 g/mol. The Morgan fingerprint density at radius 1 is 1.17 bits per heavy atom. The van der Waals surface area contributed by atoms with Crippen molar-refractivity contribution in [1.29, 1.82) is 0 Å². The van der Waals surface area contributed by atoms with E-state index in [-0.39, 0.29) is 17.8 Å². The fourth-order valence-electron chi connectivity index (χ4n) is 2.93. The number of sulfonamides is 1. The third kappa shape index (κ3) is 4.47. The van der Waals surface area contributed by atoms with Crippen molar-refractivity contribution in [3.63, 3.8) is 0 Å². The molecule has 2 unspecified atom stereocenters. The summed E-state index contributed by atoms with van der Waals surface area (Å²) in [5, 5.41) is 7.46. The zero-order chi connectivity index (χ0) is 22.1. The third-order valence-electron chi connectivity index (χ3n) is 4.47. The number of anilines is 1. The first-order valence-corrected chi connectivity index (χ1v) is 11.1. The van der Waals surface area contributed by atoms with E-state index in [1.807, 2.05) is 20.8 Å². The van der Waals surface area contributed by atoms with E-state index in [9.17, 15) is 8.42 Å². The molecule has 2 atom stereocenters. The van der Waals surface area contributed by atoms with Gasteiger partial charge in [-0.2, -0.15) is 0 Å². The fourth-order valence-corrected chi connectivity index (χ4v) is 4.17. The van der Waals surface area contributed by atoms with E-state index in [4.69, 9.17) is 20.8 Å². The summed E-state index contributed by atoms with van der Waals surface area (Å²) >= 11 is 5.82. The summed E-state index contributed by atoms with van der Waals surface area (Å²) in [5.41, 5.74) is 0. The van der Waals surface area contributed by atoms with Gasteiger partial charge in [0.15, 0.2) is 11.6 Å². The molecule has 30 heavy (non-hydrogen) atoms. The molecule has 12 heteroatoms. The van der Waals surface area contributed by atoms with Crippen molar-refractivity contribution < 1.29 is 17.6 Å². The molecule has 1 N–H and O–H groups in total. The Hall–Kier alpha value is -2.50. The number of ether oxygens (including phenoxy) is 1. The number of furan rings is 1. The van der Waals surface area contributed by atoms with Crippen LogP contribution in [0.2, 0.25) is 5.02 Å². The van der Waals surface area contributed by atoms with Gasteiger partial charge >= 0.3 is 0 Å². The number of hydrogen-bond acceptors (Lipinski definition) is 8. The minimum atomic E-state index is -3.94. The predicted octanol–water partition coefficient (Wildman–Crippen LogP) is 3.39. The summed E-state index contributed by atoms with van der Waals surface area (Å²) in [6, 6.07) is 3.43. The molecule has 3 aromatic rings. The van der Waals surface area contributed by atoms with Crippen LogP contribution in [0.3, 0.4) is 0 Å². The van der Waals surface area contributed by atoms with Gasteiger partial charge in [0.2, 0.25) is 21.8 Å². The van der Waals surface area contributed by atoms with E-state index in [1.165, 1.54) is 26.4 Å². The van der Waals surface area contributed by atoms with Crippen LogP contribution in [0, 0.1) is 6.92 Å². The molecule has 0 radical (unpaired) electrons. The lowest BCUT2D eigenvalue weighted by atomic mass is 10.2. The van der Waals surface area contributed by atoms with Crippen LogP contribution in [0.1, 0.15) is 44.5 Å². The number of aryl methyl sites for hydroxylation is 1. The number of nitrogens with one attached hydrogen (secondary N) is 1. The summed E-state index contributed by atoms with van der Waals surface area (Å²) in [5.74, 6) is 1.92. The Kier molecular flexibility index (Phi) is 6.44. The lowest BCUT2D eigenvalue weighted by Crippen LogP contribution is -2.33. The third-order valence-corrected chi connectivity index (χ3v) is 6.36. The van der Waals surface area contributed by atoms with Gasteiger partial charge in [-0.3, -0.25) is 9.29 Å². The molecule has 10 nitrogen and oxygen atoms in total. The van der Waals surface area contributed by atoms with E-state index in [0.29, 0.717) is 22.4 Å². The molecule has 0 aliphatic carbocycles. The van der Waals surface area contributed by atoms with Crippen LogP contribution < -0.4 is 4.72 Å². The van der Waals surface area contributed by atoms with E-state index in [2.05, 4.69) is 24.9 Å². The topological polar surface area (TPSA) is 125 Å². The quantitative estimate of drug-likeness (QED) is 0.549. The number of nitrogens with zero attached hydrogens (tertiary/aromatic N) is 5. The first-order chi connectivity index (χ1) is 14.1. The molecule has 3 heterocycles. The number of hydrogen-bond donors (Lipinski definition) is 1. The molecule has 0 saturated carbocycles. The molecular weight excluding hydrogens is 432 g/mol. The number of aromatic nitrogens is 5. The molecular formula is C18H23ClN6O4S. The highest BCUT2D eigenvalue weighted by atomic mass is 35.5. The van der Waals surface area contributed by atoms with Gasteiger partial charge in [-0.05, 0) is 39.8 Å². The Balaban J connectivity index is 1.92. The first kappa shape index (κ1) is 22.2. The second-order valence-corrected chi connectivity index (χ2v) is 9.46.